The molecule has 0 spiro atoms. The Hall–Kier alpha value is -3.73. The van der Waals surface area contributed by atoms with Crippen LogP contribution in [0.25, 0.3) is 0 Å². The van der Waals surface area contributed by atoms with Crippen LogP contribution in [0, 0.1) is 13.8 Å². The molecule has 3 aromatic carbocycles. The molecular formula is C26H27NO4. The first-order valence-corrected chi connectivity index (χ1v) is 9.94. The van der Waals surface area contributed by atoms with E-state index in [1.54, 1.807) is 20.5 Å². The number of aliphatic imine (C=N–C) groups is 1. The smallest absolute Gasteiger partial charge is 0.225 e. The molecule has 0 aromatic heterocycles. The largest absolute Gasteiger partial charge is 0.497 e. The van der Waals surface area contributed by atoms with Gasteiger partial charge in [0.05, 0.1) is 26.2 Å². The summed E-state index contributed by atoms with van der Waals surface area (Å²) in [4.78, 5) is 4.70. The summed E-state index contributed by atoms with van der Waals surface area (Å²) in [6.07, 6.45) is 1.61. The third-order valence-corrected chi connectivity index (χ3v) is 4.48. The van der Waals surface area contributed by atoms with Crippen molar-refractivity contribution in [1.29, 1.82) is 0 Å². The fraction of sp³-hybridized carbons (Fsp3) is 0.192. The van der Waals surface area contributed by atoms with Gasteiger partial charge < -0.3 is 18.9 Å². The molecule has 0 radical (unpaired) electrons. The molecule has 0 atom stereocenters. The Kier molecular flexibility index (Phi) is 7.33. The summed E-state index contributed by atoms with van der Waals surface area (Å²) in [5.74, 6) is 3.18. The van der Waals surface area contributed by atoms with E-state index in [2.05, 4.69) is 6.07 Å². The minimum absolute atomic E-state index is 0.435. The third-order valence-electron chi connectivity index (χ3n) is 4.48. The third kappa shape index (κ3) is 6.12. The molecule has 3 rings (SSSR count). The second kappa shape index (κ2) is 10.3. The van der Waals surface area contributed by atoms with Crippen LogP contribution in [0.1, 0.15) is 18.1 Å². The van der Waals surface area contributed by atoms with Crippen molar-refractivity contribution in [2.24, 2.45) is 4.99 Å². The molecule has 0 amide bonds. The van der Waals surface area contributed by atoms with E-state index in [0.717, 1.165) is 33.9 Å². The highest BCUT2D eigenvalue weighted by molar-refractivity contribution is 5.96. The Bertz CT molecular complexity index is 1060. The van der Waals surface area contributed by atoms with Gasteiger partial charge >= 0.3 is 0 Å². The lowest BCUT2D eigenvalue weighted by atomic mass is 10.1. The van der Waals surface area contributed by atoms with Crippen molar-refractivity contribution in [3.8, 4) is 23.0 Å². The number of nitrogens with zero attached hydrogens (tertiary/aromatic N) is 1. The first-order chi connectivity index (χ1) is 15.0. The Balaban J connectivity index is 1.94. The van der Waals surface area contributed by atoms with E-state index in [4.69, 9.17) is 23.9 Å². The van der Waals surface area contributed by atoms with Gasteiger partial charge in [-0.1, -0.05) is 18.2 Å². The molecule has 0 aliphatic heterocycles. The maximum absolute atomic E-state index is 6.18. The normalized spacial score (nSPS) is 11.8. The van der Waals surface area contributed by atoms with Crippen molar-refractivity contribution in [3.05, 3.63) is 89.7 Å². The van der Waals surface area contributed by atoms with Gasteiger partial charge in [0.2, 0.25) is 5.90 Å². The molecule has 0 unspecified atom stereocenters. The molecule has 0 fully saturated rings. The number of hydrogen-bond acceptors (Lipinski definition) is 5. The number of benzene rings is 3. The predicted octanol–water partition coefficient (Wildman–Crippen LogP) is 6.41. The van der Waals surface area contributed by atoms with E-state index < -0.39 is 0 Å². The van der Waals surface area contributed by atoms with E-state index in [-0.39, 0.29) is 0 Å². The van der Waals surface area contributed by atoms with Crippen LogP contribution in [0.2, 0.25) is 0 Å². The number of hydrogen-bond donors (Lipinski definition) is 0. The van der Waals surface area contributed by atoms with E-state index in [1.165, 1.54) is 0 Å². The average Bonchev–Trinajstić information content (AvgIpc) is 2.77. The fourth-order valence-corrected chi connectivity index (χ4v) is 2.99. The number of rotatable bonds is 7. The standard InChI is InChI=1S/C26H27NO4/c1-18-14-19(2)16-23(15-18)31-26(27-21-10-12-22(28-4)13-11-21)20(3)17-30-25-9-7-6-8-24(25)29-5/h6-17H,1-5H3/b20-17+,27-26?. The van der Waals surface area contributed by atoms with Gasteiger partial charge in [-0.05, 0) is 80.4 Å². The maximum atomic E-state index is 6.18. The lowest BCUT2D eigenvalue weighted by Crippen LogP contribution is -2.11. The molecule has 0 saturated carbocycles. The monoisotopic (exact) mass is 417 g/mol. The number of para-hydroxylation sites is 2. The van der Waals surface area contributed by atoms with E-state index in [0.29, 0.717) is 17.4 Å². The second-order valence-corrected chi connectivity index (χ2v) is 7.11. The quantitative estimate of drug-likeness (QED) is 0.253. The van der Waals surface area contributed by atoms with Crippen molar-refractivity contribution in [2.45, 2.75) is 20.8 Å². The highest BCUT2D eigenvalue weighted by atomic mass is 16.5. The van der Waals surface area contributed by atoms with Crippen LogP contribution in [0.15, 0.2) is 83.6 Å². The summed E-state index contributed by atoms with van der Waals surface area (Å²) in [5, 5.41) is 0. The molecular weight excluding hydrogens is 390 g/mol. The average molecular weight is 418 g/mol. The number of aryl methyl sites for hydroxylation is 2. The Morgan fingerprint density at radius 1 is 0.774 bits per heavy atom. The predicted molar refractivity (Wildman–Crippen MR) is 124 cm³/mol. The van der Waals surface area contributed by atoms with E-state index >= 15 is 0 Å². The summed E-state index contributed by atoms with van der Waals surface area (Å²) < 4.78 is 22.6. The molecule has 0 bridgehead atoms. The zero-order chi connectivity index (χ0) is 22.2. The van der Waals surface area contributed by atoms with Gasteiger partial charge in [0.25, 0.3) is 0 Å². The molecule has 5 nitrogen and oxygen atoms in total. The van der Waals surface area contributed by atoms with Crippen molar-refractivity contribution in [1.82, 2.24) is 0 Å². The Labute approximate surface area is 183 Å². The maximum Gasteiger partial charge on any atom is 0.225 e. The zero-order valence-electron chi connectivity index (χ0n) is 18.5. The van der Waals surface area contributed by atoms with Crippen LogP contribution in [-0.2, 0) is 0 Å². The second-order valence-electron chi connectivity index (χ2n) is 7.11. The van der Waals surface area contributed by atoms with E-state index in [1.807, 2.05) is 81.4 Å². The van der Waals surface area contributed by atoms with Crippen LogP contribution in [-0.4, -0.2) is 20.1 Å². The molecule has 160 valence electrons. The van der Waals surface area contributed by atoms with Crippen LogP contribution < -0.4 is 18.9 Å². The summed E-state index contributed by atoms with van der Waals surface area (Å²) in [5.41, 5.74) is 3.70. The molecule has 0 aliphatic rings. The minimum Gasteiger partial charge on any atom is -0.497 e. The van der Waals surface area contributed by atoms with Gasteiger partial charge in [0.15, 0.2) is 11.5 Å². The Morgan fingerprint density at radius 3 is 2.03 bits per heavy atom. The van der Waals surface area contributed by atoms with Crippen LogP contribution >= 0.6 is 0 Å². The minimum atomic E-state index is 0.435. The zero-order valence-corrected chi connectivity index (χ0v) is 18.5. The molecule has 0 heterocycles. The highest BCUT2D eigenvalue weighted by Gasteiger charge is 2.10. The SMILES string of the molecule is COc1ccc(N=C(Oc2cc(C)cc(C)c2)/C(C)=C/Oc2ccccc2OC)cc1. The molecule has 0 N–H and O–H groups in total. The molecule has 0 saturated heterocycles. The van der Waals surface area contributed by atoms with Crippen molar-refractivity contribution >= 4 is 11.6 Å². The highest BCUT2D eigenvalue weighted by Crippen LogP contribution is 2.27. The molecule has 5 heteroatoms. The van der Waals surface area contributed by atoms with Crippen LogP contribution in [0.4, 0.5) is 5.69 Å². The topological polar surface area (TPSA) is 49.3 Å². The van der Waals surface area contributed by atoms with Crippen LogP contribution in [0.3, 0.4) is 0 Å². The van der Waals surface area contributed by atoms with Crippen molar-refractivity contribution in [3.63, 3.8) is 0 Å². The fourth-order valence-electron chi connectivity index (χ4n) is 2.99. The lowest BCUT2D eigenvalue weighted by molar-refractivity contribution is 0.377. The summed E-state index contributed by atoms with van der Waals surface area (Å²) in [6.45, 7) is 5.96. The first kappa shape index (κ1) is 22.0. The summed E-state index contributed by atoms with van der Waals surface area (Å²) in [6, 6.07) is 21.0. The summed E-state index contributed by atoms with van der Waals surface area (Å²) >= 11 is 0. The Morgan fingerprint density at radius 2 is 1.42 bits per heavy atom. The van der Waals surface area contributed by atoms with Gasteiger partial charge in [-0.2, -0.15) is 0 Å². The summed E-state index contributed by atoms with van der Waals surface area (Å²) in [7, 11) is 3.24. The van der Waals surface area contributed by atoms with Gasteiger partial charge in [-0.15, -0.1) is 0 Å². The van der Waals surface area contributed by atoms with Gasteiger partial charge in [-0.25, -0.2) is 4.99 Å². The lowest BCUT2D eigenvalue weighted by Gasteiger charge is -2.12. The van der Waals surface area contributed by atoms with Crippen LogP contribution in [0.5, 0.6) is 23.0 Å². The molecule has 3 aromatic rings. The number of ether oxygens (including phenoxy) is 4. The van der Waals surface area contributed by atoms with Crippen molar-refractivity contribution < 1.29 is 18.9 Å². The van der Waals surface area contributed by atoms with Gasteiger partial charge in [0, 0.05) is 5.57 Å². The van der Waals surface area contributed by atoms with Gasteiger partial charge in [0.1, 0.15) is 11.5 Å². The van der Waals surface area contributed by atoms with E-state index in [9.17, 15) is 0 Å². The first-order valence-electron chi connectivity index (χ1n) is 9.94. The molecule has 0 aliphatic carbocycles. The molecule has 31 heavy (non-hydrogen) atoms. The number of methoxy groups -OCH3 is 2. The van der Waals surface area contributed by atoms with Crippen molar-refractivity contribution in [2.75, 3.05) is 14.2 Å². The van der Waals surface area contributed by atoms with Gasteiger partial charge in [-0.3, -0.25) is 0 Å².